The van der Waals surface area contributed by atoms with Gasteiger partial charge in [0.1, 0.15) is 10.8 Å². The van der Waals surface area contributed by atoms with E-state index in [4.69, 9.17) is 11.6 Å². The summed E-state index contributed by atoms with van der Waals surface area (Å²) in [6.07, 6.45) is 2.59. The van der Waals surface area contributed by atoms with Crippen LogP contribution in [0.4, 0.5) is 4.39 Å². The lowest BCUT2D eigenvalue weighted by Gasteiger charge is -1.93. The average Bonchev–Trinajstić information content (AvgIpc) is 2.05. The first-order chi connectivity index (χ1) is 5.24. The molecule has 0 saturated carbocycles. The molecule has 11 heavy (non-hydrogen) atoms. The van der Waals surface area contributed by atoms with E-state index in [1.165, 1.54) is 16.5 Å². The van der Waals surface area contributed by atoms with E-state index in [0.717, 1.165) is 0 Å². The minimum Gasteiger partial charge on any atom is -0.249 e. The lowest BCUT2D eigenvalue weighted by atomic mass is 10.4. The molecule has 5 heteroatoms. The zero-order chi connectivity index (χ0) is 8.27. The molecule has 0 aliphatic heterocycles. The summed E-state index contributed by atoms with van der Waals surface area (Å²) in [6.45, 7) is 0. The Bertz CT molecular complexity index is 272. The van der Waals surface area contributed by atoms with Gasteiger partial charge in [0.2, 0.25) is 0 Å². The Morgan fingerprint density at radius 1 is 1.55 bits per heavy atom. The number of halogens is 3. The van der Waals surface area contributed by atoms with E-state index in [9.17, 15) is 4.39 Å². The van der Waals surface area contributed by atoms with E-state index >= 15 is 0 Å². The first kappa shape index (κ1) is 8.86. The number of nitrogens with zero attached hydrogens (tertiary/aromatic N) is 2. The van der Waals surface area contributed by atoms with E-state index < -0.39 is 5.83 Å². The number of hydrogen-bond donors (Lipinski definition) is 0. The molecule has 1 rings (SSSR count). The molecule has 2 nitrogen and oxygen atoms in total. The van der Waals surface area contributed by atoms with Crippen LogP contribution in [0.3, 0.4) is 0 Å². The van der Waals surface area contributed by atoms with Crippen LogP contribution in [0.5, 0.6) is 0 Å². The predicted octanol–water partition coefficient (Wildman–Crippen LogP) is 2.83. The van der Waals surface area contributed by atoms with Gasteiger partial charge in [-0.05, 0) is 22.6 Å². The van der Waals surface area contributed by atoms with E-state index in [1.54, 1.807) is 22.6 Å². The van der Waals surface area contributed by atoms with Crippen molar-refractivity contribution in [2.24, 2.45) is 0 Å². The Labute approximate surface area is 81.6 Å². The average molecular weight is 284 g/mol. The number of hydrogen-bond acceptors (Lipinski definition) is 2. The molecule has 0 amide bonds. The fourth-order valence-electron chi connectivity index (χ4n) is 0.492. The van der Waals surface area contributed by atoms with Gasteiger partial charge in [-0.15, -0.1) is 0 Å². The quantitative estimate of drug-likeness (QED) is 0.741. The van der Waals surface area contributed by atoms with Crippen molar-refractivity contribution in [2.75, 3.05) is 0 Å². The maximum Gasteiger partial charge on any atom is 0.156 e. The Hall–Kier alpha value is -0.230. The van der Waals surface area contributed by atoms with Crippen LogP contribution in [0.1, 0.15) is 5.69 Å². The summed E-state index contributed by atoms with van der Waals surface area (Å²) in [6, 6.07) is 0. The van der Waals surface area contributed by atoms with Gasteiger partial charge in [0.25, 0.3) is 0 Å². The third-order valence-electron chi connectivity index (χ3n) is 0.961. The summed E-state index contributed by atoms with van der Waals surface area (Å²) < 4.78 is 14.0. The van der Waals surface area contributed by atoms with Gasteiger partial charge in [0.15, 0.2) is 5.83 Å². The Morgan fingerprint density at radius 2 is 2.27 bits per heavy atom. The van der Waals surface area contributed by atoms with Gasteiger partial charge in [0.05, 0.1) is 12.4 Å². The highest BCUT2D eigenvalue weighted by Gasteiger charge is 2.00. The van der Waals surface area contributed by atoms with Crippen LogP contribution in [0, 0.1) is 0 Å². The lowest BCUT2D eigenvalue weighted by molar-refractivity contribution is 0.753. The molecule has 0 fully saturated rings. The maximum atomic E-state index is 12.7. The zero-order valence-electron chi connectivity index (χ0n) is 5.26. The molecule has 1 aromatic heterocycles. The maximum absolute atomic E-state index is 12.7. The van der Waals surface area contributed by atoms with E-state index in [1.807, 2.05) is 0 Å². The van der Waals surface area contributed by atoms with Crippen molar-refractivity contribution in [3.05, 3.63) is 27.3 Å². The molecular weight excluding hydrogens is 281 g/mol. The van der Waals surface area contributed by atoms with Crippen LogP contribution in [0.2, 0.25) is 5.15 Å². The Morgan fingerprint density at radius 3 is 2.73 bits per heavy atom. The zero-order valence-corrected chi connectivity index (χ0v) is 8.17. The smallest absolute Gasteiger partial charge is 0.156 e. The number of aromatic nitrogens is 2. The van der Waals surface area contributed by atoms with Crippen molar-refractivity contribution >= 4 is 40.0 Å². The highest BCUT2D eigenvalue weighted by molar-refractivity contribution is 14.1. The molecule has 0 unspecified atom stereocenters. The summed E-state index contributed by atoms with van der Waals surface area (Å²) >= 11 is 7.23. The fourth-order valence-corrected chi connectivity index (χ4v) is 0.908. The second kappa shape index (κ2) is 3.96. The van der Waals surface area contributed by atoms with E-state index in [-0.39, 0.29) is 10.8 Å². The molecule has 1 aromatic rings. The van der Waals surface area contributed by atoms with Crippen molar-refractivity contribution in [1.82, 2.24) is 9.97 Å². The highest BCUT2D eigenvalue weighted by atomic mass is 127. The van der Waals surface area contributed by atoms with E-state index in [2.05, 4.69) is 9.97 Å². The van der Waals surface area contributed by atoms with E-state index in [0.29, 0.717) is 0 Å². The van der Waals surface area contributed by atoms with Crippen LogP contribution in [0.25, 0.3) is 5.83 Å². The first-order valence-corrected chi connectivity index (χ1v) is 4.30. The van der Waals surface area contributed by atoms with Crippen molar-refractivity contribution in [2.45, 2.75) is 0 Å². The third kappa shape index (κ3) is 2.37. The highest BCUT2D eigenvalue weighted by Crippen LogP contribution is 2.14. The predicted molar refractivity (Wildman–Crippen MR) is 50.1 cm³/mol. The largest absolute Gasteiger partial charge is 0.249 e. The third-order valence-corrected chi connectivity index (χ3v) is 1.70. The minimum absolute atomic E-state index is 0.198. The summed E-state index contributed by atoms with van der Waals surface area (Å²) in [7, 11) is 0. The standard InChI is InChI=1S/C6H3ClFIN2/c7-6-3-10-5(2-11-6)4(8)1-9/h1-3H/b4-1-. The molecule has 0 N–H and O–H groups in total. The van der Waals surface area contributed by atoms with Gasteiger partial charge >= 0.3 is 0 Å². The van der Waals surface area contributed by atoms with Crippen molar-refractivity contribution < 1.29 is 4.39 Å². The van der Waals surface area contributed by atoms with Crippen LogP contribution < -0.4 is 0 Å². The number of rotatable bonds is 1. The molecule has 0 spiro atoms. The second-order valence-corrected chi connectivity index (χ2v) is 2.69. The van der Waals surface area contributed by atoms with Gasteiger partial charge in [-0.3, -0.25) is 0 Å². The molecule has 0 saturated heterocycles. The normalized spacial score (nSPS) is 11.7. The molecule has 0 radical (unpaired) electrons. The molecule has 1 heterocycles. The molecule has 0 atom stereocenters. The van der Waals surface area contributed by atoms with Crippen molar-refractivity contribution in [1.29, 1.82) is 0 Å². The Balaban J connectivity index is 2.99. The van der Waals surface area contributed by atoms with Crippen molar-refractivity contribution in [3.63, 3.8) is 0 Å². The molecule has 58 valence electrons. The lowest BCUT2D eigenvalue weighted by Crippen LogP contribution is -1.85. The van der Waals surface area contributed by atoms with Crippen LogP contribution in [-0.4, -0.2) is 9.97 Å². The minimum atomic E-state index is -0.408. The first-order valence-electron chi connectivity index (χ1n) is 2.68. The van der Waals surface area contributed by atoms with Gasteiger partial charge in [-0.25, -0.2) is 14.4 Å². The van der Waals surface area contributed by atoms with Gasteiger partial charge in [0, 0.05) is 4.08 Å². The molecule has 0 aliphatic carbocycles. The van der Waals surface area contributed by atoms with Gasteiger partial charge < -0.3 is 0 Å². The SMILES string of the molecule is F/C(=C\I)c1cnc(Cl)cn1. The van der Waals surface area contributed by atoms with Crippen LogP contribution in [-0.2, 0) is 0 Å². The topological polar surface area (TPSA) is 25.8 Å². The molecule has 0 aromatic carbocycles. The van der Waals surface area contributed by atoms with Crippen LogP contribution in [0.15, 0.2) is 16.5 Å². The van der Waals surface area contributed by atoms with Gasteiger partial charge in [-0.1, -0.05) is 11.6 Å². The summed E-state index contributed by atoms with van der Waals surface area (Å²) in [5.74, 6) is -0.408. The molecule has 0 aliphatic rings. The van der Waals surface area contributed by atoms with Gasteiger partial charge in [-0.2, -0.15) is 0 Å². The van der Waals surface area contributed by atoms with Crippen molar-refractivity contribution in [3.8, 4) is 0 Å². The summed E-state index contributed by atoms with van der Waals surface area (Å²) in [5, 5.41) is 0.259. The monoisotopic (exact) mass is 284 g/mol. The second-order valence-electron chi connectivity index (χ2n) is 1.68. The molecular formula is C6H3ClFIN2. The summed E-state index contributed by atoms with van der Waals surface area (Å²) in [4.78, 5) is 7.37. The fraction of sp³-hybridized carbons (Fsp3) is 0. The molecule has 0 bridgehead atoms. The Kier molecular flexibility index (Phi) is 3.19. The van der Waals surface area contributed by atoms with Crippen LogP contribution >= 0.6 is 34.2 Å². The summed E-state index contributed by atoms with van der Waals surface area (Å²) in [5.41, 5.74) is 0.198.